The summed E-state index contributed by atoms with van der Waals surface area (Å²) < 4.78 is 10.3. The summed E-state index contributed by atoms with van der Waals surface area (Å²) in [6.45, 7) is 9.34. The molecule has 0 radical (unpaired) electrons. The summed E-state index contributed by atoms with van der Waals surface area (Å²) in [5, 5.41) is 0. The molecule has 1 aliphatic rings. The second-order valence-electron chi connectivity index (χ2n) is 6.13. The van der Waals surface area contributed by atoms with Crippen LogP contribution in [-0.2, 0) is 38.3 Å². The maximum Gasteiger partial charge on any atom is 0.348 e. The van der Waals surface area contributed by atoms with Crippen molar-refractivity contribution in [2.24, 2.45) is 0 Å². The molecule has 1 fully saturated rings. The fourth-order valence-corrected chi connectivity index (χ4v) is 2.75. The Balaban J connectivity index is 2.54. The topological polar surface area (TPSA) is 52.6 Å². The molecule has 4 nitrogen and oxygen atoms in total. The van der Waals surface area contributed by atoms with Gasteiger partial charge >= 0.3 is 11.9 Å². The van der Waals surface area contributed by atoms with E-state index in [4.69, 9.17) is 9.47 Å². The van der Waals surface area contributed by atoms with E-state index in [0.29, 0.717) is 0 Å². The summed E-state index contributed by atoms with van der Waals surface area (Å²) >= 11 is 0. The number of hydrogen-bond donors (Lipinski definition) is 0. The van der Waals surface area contributed by atoms with E-state index in [0.717, 1.165) is 36.0 Å². The summed E-state index contributed by atoms with van der Waals surface area (Å²) in [7, 11) is 0. The summed E-state index contributed by atoms with van der Waals surface area (Å²) in [6.07, 6.45) is 4.23. The van der Waals surface area contributed by atoms with Crippen LogP contribution in [0, 0.1) is 0 Å². The van der Waals surface area contributed by atoms with Gasteiger partial charge in [0.2, 0.25) is 0 Å². The highest BCUT2D eigenvalue weighted by Gasteiger charge is 2.39. The average Bonchev–Trinajstić information content (AvgIpc) is 2.49. The van der Waals surface area contributed by atoms with E-state index >= 15 is 0 Å². The smallest absolute Gasteiger partial charge is 0.348 e. The predicted molar refractivity (Wildman–Crippen MR) is 88.8 cm³/mol. The van der Waals surface area contributed by atoms with Gasteiger partial charge < -0.3 is 9.47 Å². The Morgan fingerprint density at radius 2 is 1.39 bits per heavy atom. The van der Waals surface area contributed by atoms with Crippen LogP contribution < -0.4 is 0 Å². The van der Waals surface area contributed by atoms with E-state index in [9.17, 15) is 9.59 Å². The Hall–Kier alpha value is -2.10. The first kappa shape index (κ1) is 17.3. The second kappa shape index (κ2) is 6.57. The highest BCUT2D eigenvalue weighted by atomic mass is 16.7. The van der Waals surface area contributed by atoms with Crippen molar-refractivity contribution in [3.8, 4) is 0 Å². The number of esters is 2. The molecule has 0 saturated carbocycles. The lowest BCUT2D eigenvalue weighted by molar-refractivity contribution is -0.222. The average molecular weight is 316 g/mol. The van der Waals surface area contributed by atoms with Crippen molar-refractivity contribution in [2.45, 2.75) is 59.7 Å². The Kier molecular flexibility index (Phi) is 4.93. The Morgan fingerprint density at radius 3 is 1.78 bits per heavy atom. The van der Waals surface area contributed by atoms with Crippen molar-refractivity contribution in [1.29, 1.82) is 0 Å². The van der Waals surface area contributed by atoms with Crippen LogP contribution >= 0.6 is 0 Å². The number of carbonyl (C=O) groups excluding carboxylic acids is 2. The zero-order valence-electron chi connectivity index (χ0n) is 14.5. The van der Waals surface area contributed by atoms with Crippen LogP contribution in [-0.4, -0.2) is 17.7 Å². The van der Waals surface area contributed by atoms with Crippen LogP contribution in [0.15, 0.2) is 17.7 Å². The lowest BCUT2D eigenvalue weighted by Gasteiger charge is -2.30. The Labute approximate surface area is 137 Å². The highest BCUT2D eigenvalue weighted by molar-refractivity contribution is 6.19. The lowest BCUT2D eigenvalue weighted by Crippen LogP contribution is -2.41. The molecule has 0 spiro atoms. The van der Waals surface area contributed by atoms with E-state index in [1.165, 1.54) is 5.56 Å². The van der Waals surface area contributed by atoms with Crippen molar-refractivity contribution in [2.75, 3.05) is 0 Å². The first-order valence-electron chi connectivity index (χ1n) is 8.14. The van der Waals surface area contributed by atoms with Crippen molar-refractivity contribution in [3.05, 3.63) is 40.0 Å². The number of aryl methyl sites for hydroxylation is 3. The maximum absolute atomic E-state index is 12.2. The van der Waals surface area contributed by atoms with Gasteiger partial charge in [0.05, 0.1) is 0 Å². The molecule has 23 heavy (non-hydrogen) atoms. The normalized spacial score (nSPS) is 16.8. The molecule has 1 heterocycles. The Bertz CT molecular complexity index is 621. The molecule has 2 rings (SSSR count). The maximum atomic E-state index is 12.2. The number of ether oxygens (including phenoxy) is 2. The zero-order valence-corrected chi connectivity index (χ0v) is 14.5. The zero-order chi connectivity index (χ0) is 17.2. The van der Waals surface area contributed by atoms with Crippen LogP contribution in [0.1, 0.15) is 56.9 Å². The van der Waals surface area contributed by atoms with Gasteiger partial charge in [-0.2, -0.15) is 0 Å². The van der Waals surface area contributed by atoms with Crippen LogP contribution in [0.5, 0.6) is 0 Å². The van der Waals surface area contributed by atoms with Gasteiger partial charge in [0.1, 0.15) is 5.57 Å². The molecular formula is C19H24O4. The number of rotatable bonds is 4. The minimum absolute atomic E-state index is 0.0435. The van der Waals surface area contributed by atoms with Gasteiger partial charge in [0.15, 0.2) is 0 Å². The first-order chi connectivity index (χ1) is 10.8. The molecule has 1 aliphatic heterocycles. The standard InChI is InChI=1S/C19H24O4/c1-6-12-9-13(7-2)15(14(8-3)10-12)11-16-17(20)22-19(4,5)23-18(16)21/h9-11H,6-8H2,1-5H3. The summed E-state index contributed by atoms with van der Waals surface area (Å²) in [4.78, 5) is 24.3. The van der Waals surface area contributed by atoms with Crippen molar-refractivity contribution in [1.82, 2.24) is 0 Å². The monoisotopic (exact) mass is 316 g/mol. The summed E-state index contributed by atoms with van der Waals surface area (Å²) in [6, 6.07) is 4.27. The largest absolute Gasteiger partial charge is 0.419 e. The van der Waals surface area contributed by atoms with Gasteiger partial charge in [-0.15, -0.1) is 0 Å². The molecule has 0 aromatic heterocycles. The van der Waals surface area contributed by atoms with Gasteiger partial charge in [-0.05, 0) is 47.6 Å². The molecule has 4 heteroatoms. The molecule has 0 amide bonds. The second-order valence-corrected chi connectivity index (χ2v) is 6.13. The SMILES string of the molecule is CCc1cc(CC)c(C=C2C(=O)OC(C)(C)OC2=O)c(CC)c1. The predicted octanol–water partition coefficient (Wildman–Crippen LogP) is 3.59. The molecule has 124 valence electrons. The molecule has 1 aromatic rings. The van der Waals surface area contributed by atoms with Crippen molar-refractivity contribution in [3.63, 3.8) is 0 Å². The number of cyclic esters (lactones) is 2. The molecule has 0 N–H and O–H groups in total. The quantitative estimate of drug-likeness (QED) is 0.484. The van der Waals surface area contributed by atoms with E-state index in [1.807, 2.05) is 0 Å². The molecule has 0 atom stereocenters. The highest BCUT2D eigenvalue weighted by Crippen LogP contribution is 2.27. The van der Waals surface area contributed by atoms with Crippen LogP contribution in [0.3, 0.4) is 0 Å². The molecular weight excluding hydrogens is 292 g/mol. The van der Waals surface area contributed by atoms with E-state index in [2.05, 4.69) is 32.9 Å². The van der Waals surface area contributed by atoms with Crippen molar-refractivity contribution >= 4 is 18.0 Å². The summed E-state index contributed by atoms with van der Waals surface area (Å²) in [5.74, 6) is -2.47. The third-order valence-electron chi connectivity index (χ3n) is 3.99. The fourth-order valence-electron chi connectivity index (χ4n) is 2.75. The van der Waals surface area contributed by atoms with Gasteiger partial charge in [0.25, 0.3) is 5.79 Å². The number of hydrogen-bond acceptors (Lipinski definition) is 4. The lowest BCUT2D eigenvalue weighted by atomic mass is 9.92. The van der Waals surface area contributed by atoms with Crippen molar-refractivity contribution < 1.29 is 19.1 Å². The minimum atomic E-state index is -1.21. The van der Waals surface area contributed by atoms with Gasteiger partial charge in [0, 0.05) is 13.8 Å². The van der Waals surface area contributed by atoms with E-state index in [-0.39, 0.29) is 5.57 Å². The molecule has 0 unspecified atom stereocenters. The van der Waals surface area contributed by atoms with Gasteiger partial charge in [-0.3, -0.25) is 0 Å². The first-order valence-corrected chi connectivity index (χ1v) is 8.14. The Morgan fingerprint density at radius 1 is 0.913 bits per heavy atom. The van der Waals surface area contributed by atoms with E-state index < -0.39 is 17.7 Å². The third-order valence-corrected chi connectivity index (χ3v) is 3.99. The molecule has 0 bridgehead atoms. The van der Waals surface area contributed by atoms with Crippen LogP contribution in [0.25, 0.3) is 6.08 Å². The third kappa shape index (κ3) is 3.63. The van der Waals surface area contributed by atoms with E-state index in [1.54, 1.807) is 19.9 Å². The number of carbonyl (C=O) groups is 2. The fraction of sp³-hybridized carbons (Fsp3) is 0.474. The molecule has 0 aliphatic carbocycles. The van der Waals surface area contributed by atoms with Gasteiger partial charge in [-0.1, -0.05) is 32.9 Å². The molecule has 1 aromatic carbocycles. The van der Waals surface area contributed by atoms with Crippen LogP contribution in [0.4, 0.5) is 0 Å². The summed E-state index contributed by atoms with van der Waals surface area (Å²) in [5.41, 5.74) is 4.39. The van der Waals surface area contributed by atoms with Gasteiger partial charge in [-0.25, -0.2) is 9.59 Å². The number of benzene rings is 1. The molecule has 1 saturated heterocycles. The minimum Gasteiger partial charge on any atom is -0.419 e. The van der Waals surface area contributed by atoms with Crippen LogP contribution in [0.2, 0.25) is 0 Å².